The molecule has 1 aliphatic rings. The first-order chi connectivity index (χ1) is 19.7. The number of ether oxygens (including phenoxy) is 1. The van der Waals surface area contributed by atoms with E-state index in [0.29, 0.717) is 31.8 Å². The molecule has 220 valence electrons. The fourth-order valence-corrected chi connectivity index (χ4v) is 6.90. The Morgan fingerprint density at radius 1 is 1.10 bits per heavy atom. The minimum Gasteiger partial charge on any atom is -0.457 e. The summed E-state index contributed by atoms with van der Waals surface area (Å²) in [4.78, 5) is 32.7. The second kappa shape index (κ2) is 11.2. The summed E-state index contributed by atoms with van der Waals surface area (Å²) in [6, 6.07) is 8.97. The van der Waals surface area contributed by atoms with Crippen LogP contribution in [0.3, 0.4) is 0 Å². The maximum absolute atomic E-state index is 14.7. The Hall–Kier alpha value is -3.03. The van der Waals surface area contributed by atoms with Crippen molar-refractivity contribution in [3.05, 3.63) is 86.3 Å². The standard InChI is InChI=1S/C33H34Cl3N3O3/c1-19-18-39(25-10-7-9-20(27(19)25)11-12-26(40)42-32(2,3)4)31(41)29-22(28-23(35)15-21(34)16-24(28)36)17-37-30(29)33(38(5)6)13-8-14-33/h7,9-12,15-18,37H,8,13-14H2,1-6H3/b12-11+. The van der Waals surface area contributed by atoms with Crippen molar-refractivity contribution < 1.29 is 14.3 Å². The number of hydrogen-bond donors (Lipinski definition) is 1. The molecule has 4 aromatic rings. The van der Waals surface area contributed by atoms with Crippen molar-refractivity contribution in [1.29, 1.82) is 0 Å². The van der Waals surface area contributed by atoms with E-state index in [2.05, 4.69) is 9.88 Å². The molecule has 9 heteroatoms. The first-order valence-corrected chi connectivity index (χ1v) is 15.0. The second-order valence-electron chi connectivity index (χ2n) is 12.1. The van der Waals surface area contributed by atoms with Crippen LogP contribution in [0.15, 0.2) is 48.8 Å². The van der Waals surface area contributed by atoms with Gasteiger partial charge in [-0.15, -0.1) is 0 Å². The van der Waals surface area contributed by atoms with E-state index in [1.54, 1.807) is 22.8 Å². The Labute approximate surface area is 261 Å². The van der Waals surface area contributed by atoms with Crippen molar-refractivity contribution in [2.24, 2.45) is 0 Å². The highest BCUT2D eigenvalue weighted by Gasteiger charge is 2.45. The maximum atomic E-state index is 14.7. The van der Waals surface area contributed by atoms with Gasteiger partial charge in [0, 0.05) is 45.7 Å². The van der Waals surface area contributed by atoms with Crippen molar-refractivity contribution in [2.75, 3.05) is 14.1 Å². The predicted molar refractivity (Wildman–Crippen MR) is 172 cm³/mol. The number of H-pyrrole nitrogens is 1. The molecule has 42 heavy (non-hydrogen) atoms. The van der Waals surface area contributed by atoms with Crippen molar-refractivity contribution in [2.45, 2.75) is 58.1 Å². The molecule has 0 spiro atoms. The molecule has 6 nitrogen and oxygen atoms in total. The van der Waals surface area contributed by atoms with Crippen LogP contribution in [0.2, 0.25) is 15.1 Å². The minimum atomic E-state index is -0.592. The number of nitrogens with zero attached hydrogens (tertiary/aromatic N) is 2. The number of aromatic amines is 1. The van der Waals surface area contributed by atoms with Gasteiger partial charge in [-0.3, -0.25) is 14.3 Å². The van der Waals surface area contributed by atoms with Crippen LogP contribution >= 0.6 is 34.8 Å². The molecule has 0 radical (unpaired) electrons. The molecule has 1 N–H and O–H groups in total. The molecule has 0 bridgehead atoms. The van der Waals surface area contributed by atoms with Crippen molar-refractivity contribution in [1.82, 2.24) is 14.5 Å². The van der Waals surface area contributed by atoms with E-state index in [1.807, 2.05) is 72.4 Å². The van der Waals surface area contributed by atoms with Crippen LogP contribution in [0, 0.1) is 6.92 Å². The smallest absolute Gasteiger partial charge is 0.331 e. The van der Waals surface area contributed by atoms with E-state index in [4.69, 9.17) is 39.5 Å². The van der Waals surface area contributed by atoms with Gasteiger partial charge in [-0.05, 0) is 96.5 Å². The zero-order valence-corrected chi connectivity index (χ0v) is 26.8. The van der Waals surface area contributed by atoms with Gasteiger partial charge >= 0.3 is 5.97 Å². The van der Waals surface area contributed by atoms with E-state index in [-0.39, 0.29) is 11.4 Å². The van der Waals surface area contributed by atoms with Crippen molar-refractivity contribution >= 4 is 63.7 Å². The molecular formula is C33H34Cl3N3O3. The molecule has 2 aromatic heterocycles. The fraction of sp³-hybridized carbons (Fsp3) is 0.333. The Bertz CT molecular complexity index is 1710. The number of rotatable bonds is 6. The third-order valence-corrected chi connectivity index (χ3v) is 8.76. The lowest BCUT2D eigenvalue weighted by atomic mass is 9.71. The number of aromatic nitrogens is 2. The minimum absolute atomic E-state index is 0.206. The fourth-order valence-electron chi connectivity index (χ4n) is 5.88. The molecule has 1 fully saturated rings. The molecule has 0 atom stereocenters. The molecule has 5 rings (SSSR count). The quantitative estimate of drug-likeness (QED) is 0.171. The number of carbonyl (C=O) groups excluding carboxylic acids is 2. The van der Waals surface area contributed by atoms with Crippen molar-refractivity contribution in [3.63, 3.8) is 0 Å². The average Bonchev–Trinajstić information content (AvgIpc) is 3.42. The highest BCUT2D eigenvalue weighted by molar-refractivity contribution is 6.42. The molecule has 2 aromatic carbocycles. The third kappa shape index (κ3) is 5.42. The number of fused-ring (bicyclic) bond motifs is 1. The highest BCUT2D eigenvalue weighted by Crippen LogP contribution is 2.49. The predicted octanol–water partition coefficient (Wildman–Crippen LogP) is 8.89. The van der Waals surface area contributed by atoms with Gasteiger partial charge in [0.15, 0.2) is 0 Å². The third-order valence-electron chi connectivity index (χ3n) is 7.95. The van der Waals surface area contributed by atoms with Crippen LogP contribution < -0.4 is 0 Å². The molecule has 0 unspecified atom stereocenters. The number of benzene rings is 2. The van der Waals surface area contributed by atoms with Gasteiger partial charge in [0.05, 0.1) is 26.7 Å². The van der Waals surface area contributed by atoms with Gasteiger partial charge in [-0.2, -0.15) is 0 Å². The van der Waals surface area contributed by atoms with E-state index in [1.165, 1.54) is 6.08 Å². The van der Waals surface area contributed by atoms with Gasteiger partial charge in [-0.25, -0.2) is 4.79 Å². The molecule has 2 heterocycles. The second-order valence-corrected chi connectivity index (χ2v) is 13.3. The summed E-state index contributed by atoms with van der Waals surface area (Å²) in [5, 5.41) is 2.02. The summed E-state index contributed by atoms with van der Waals surface area (Å²) in [5.74, 6) is -0.636. The zero-order chi connectivity index (χ0) is 30.6. The van der Waals surface area contributed by atoms with E-state index >= 15 is 0 Å². The summed E-state index contributed by atoms with van der Waals surface area (Å²) >= 11 is 19.6. The first kappa shape index (κ1) is 30.4. The van der Waals surface area contributed by atoms with Gasteiger partial charge in [-0.1, -0.05) is 46.9 Å². The summed E-state index contributed by atoms with van der Waals surface area (Å²) in [6.45, 7) is 7.43. The monoisotopic (exact) mass is 625 g/mol. The number of esters is 1. The van der Waals surface area contributed by atoms with E-state index in [9.17, 15) is 9.59 Å². The lowest BCUT2D eigenvalue weighted by molar-refractivity contribution is -0.148. The Balaban J connectivity index is 1.68. The highest BCUT2D eigenvalue weighted by atomic mass is 35.5. The topological polar surface area (TPSA) is 67.3 Å². The summed E-state index contributed by atoms with van der Waals surface area (Å²) in [7, 11) is 4.07. The Kier molecular flexibility index (Phi) is 8.14. The van der Waals surface area contributed by atoms with Crippen molar-refractivity contribution in [3.8, 4) is 11.1 Å². The van der Waals surface area contributed by atoms with Gasteiger partial charge in [0.25, 0.3) is 5.91 Å². The van der Waals surface area contributed by atoms with Crippen LogP contribution in [-0.4, -0.2) is 46.0 Å². The maximum Gasteiger partial charge on any atom is 0.331 e. The van der Waals surface area contributed by atoms with Gasteiger partial charge in [0.2, 0.25) is 0 Å². The first-order valence-electron chi connectivity index (χ1n) is 13.8. The van der Waals surface area contributed by atoms with Crippen LogP contribution in [-0.2, 0) is 15.1 Å². The number of aryl methyl sites for hydroxylation is 1. The van der Waals surface area contributed by atoms with Gasteiger partial charge < -0.3 is 9.72 Å². The molecule has 1 aliphatic carbocycles. The van der Waals surface area contributed by atoms with Crippen LogP contribution in [0.25, 0.3) is 28.1 Å². The van der Waals surface area contributed by atoms with Crippen LogP contribution in [0.1, 0.15) is 67.2 Å². The van der Waals surface area contributed by atoms with Crippen LogP contribution in [0.4, 0.5) is 0 Å². The Morgan fingerprint density at radius 3 is 2.33 bits per heavy atom. The largest absolute Gasteiger partial charge is 0.457 e. The van der Waals surface area contributed by atoms with Crippen LogP contribution in [0.5, 0.6) is 0 Å². The average molecular weight is 627 g/mol. The number of halogens is 3. The summed E-state index contributed by atoms with van der Waals surface area (Å²) in [6.07, 6.45) is 9.69. The molecular weight excluding hydrogens is 593 g/mol. The molecule has 1 saturated carbocycles. The van der Waals surface area contributed by atoms with E-state index < -0.39 is 11.6 Å². The molecule has 0 saturated heterocycles. The van der Waals surface area contributed by atoms with Gasteiger partial charge in [0.1, 0.15) is 5.60 Å². The lowest BCUT2D eigenvalue weighted by Gasteiger charge is -2.47. The normalized spacial score (nSPS) is 15.0. The summed E-state index contributed by atoms with van der Waals surface area (Å²) < 4.78 is 7.11. The Morgan fingerprint density at radius 2 is 1.76 bits per heavy atom. The number of nitrogens with one attached hydrogen (secondary N) is 1. The summed E-state index contributed by atoms with van der Waals surface area (Å²) in [5.41, 5.74) is 4.04. The number of hydrogen-bond acceptors (Lipinski definition) is 4. The molecule has 0 aliphatic heterocycles. The zero-order valence-electron chi connectivity index (χ0n) is 24.6. The lowest BCUT2D eigenvalue weighted by Crippen LogP contribution is -2.48. The SMILES string of the molecule is Cc1cn(C(=O)c2c(-c3c(Cl)cc(Cl)cc3Cl)c[nH]c2C2(N(C)C)CCC2)c2cccc(/C=C/C(=O)OC(C)(C)C)c12. The number of carbonyl (C=O) groups is 2. The molecule has 0 amide bonds. The van der Waals surface area contributed by atoms with E-state index in [0.717, 1.165) is 47.0 Å².